The Kier molecular flexibility index (Phi) is 7.67. The number of fused-ring (bicyclic) bond motifs is 1. The molecule has 0 fully saturated rings. The van der Waals surface area contributed by atoms with Crippen LogP contribution in [-0.2, 0) is 12.0 Å². The van der Waals surface area contributed by atoms with Crippen molar-refractivity contribution in [1.29, 1.82) is 5.41 Å². The van der Waals surface area contributed by atoms with Crippen LogP contribution in [0.1, 0.15) is 72.3 Å². The van der Waals surface area contributed by atoms with E-state index < -0.39 is 0 Å². The van der Waals surface area contributed by atoms with Crippen LogP contribution >= 0.6 is 0 Å². The lowest BCUT2D eigenvalue weighted by Gasteiger charge is -2.25. The van der Waals surface area contributed by atoms with Crippen LogP contribution in [-0.4, -0.2) is 61.3 Å². The molecular formula is C26H35N5O4. The lowest BCUT2D eigenvalue weighted by molar-refractivity contribution is 0.0949. The Morgan fingerprint density at radius 3 is 2.49 bits per heavy atom. The number of carbonyl (C=O) groups excluding carboxylic acids is 2. The maximum absolute atomic E-state index is 13.4. The molecule has 35 heavy (non-hydrogen) atoms. The zero-order valence-corrected chi connectivity index (χ0v) is 21.6. The number of carbonyl (C=O) groups is 2. The van der Waals surface area contributed by atoms with Crippen molar-refractivity contribution in [3.63, 3.8) is 0 Å². The highest BCUT2D eigenvalue weighted by molar-refractivity contribution is 6.06. The van der Waals surface area contributed by atoms with Gasteiger partial charge in [0.15, 0.2) is 17.2 Å². The third kappa shape index (κ3) is 5.23. The zero-order valence-electron chi connectivity index (χ0n) is 21.6. The number of hydrogen-bond acceptors (Lipinski definition) is 7. The minimum atomic E-state index is -0.387. The van der Waals surface area contributed by atoms with Gasteiger partial charge in [0.05, 0.1) is 25.9 Å². The molecule has 1 amide bonds. The van der Waals surface area contributed by atoms with Crippen molar-refractivity contribution in [3.8, 4) is 11.5 Å². The largest absolute Gasteiger partial charge is 0.494 e. The Hall–Kier alpha value is -3.62. The summed E-state index contributed by atoms with van der Waals surface area (Å²) in [7, 11) is 3.15. The average Bonchev–Trinajstić information content (AvgIpc) is 3.11. The van der Waals surface area contributed by atoms with Crippen molar-refractivity contribution in [2.45, 2.75) is 46.6 Å². The zero-order chi connectivity index (χ0) is 25.9. The van der Waals surface area contributed by atoms with Gasteiger partial charge in [-0.25, -0.2) is 4.98 Å². The van der Waals surface area contributed by atoms with Crippen molar-refractivity contribution < 1.29 is 19.1 Å². The molecule has 3 rings (SSSR count). The Morgan fingerprint density at radius 2 is 1.91 bits per heavy atom. The number of anilines is 1. The minimum absolute atomic E-state index is 0.00987. The van der Waals surface area contributed by atoms with Crippen molar-refractivity contribution in [1.82, 2.24) is 15.2 Å². The minimum Gasteiger partial charge on any atom is -0.494 e. The molecular weight excluding hydrogens is 446 g/mol. The Balaban J connectivity index is 1.93. The van der Waals surface area contributed by atoms with Gasteiger partial charge in [0.1, 0.15) is 17.3 Å². The standard InChI is InChI=1S/C26H35N5O4/c1-8-29-18-11-15(10-17(23(18)34-7)26(3,4)5)19(32)14-31-13-16-12-20(35-9-2)22(25(33)28-6)30-21(16)24(31)27/h10-12,27,29H,8-9,13-14H2,1-7H3,(H,28,33). The maximum Gasteiger partial charge on any atom is 0.273 e. The quantitative estimate of drug-likeness (QED) is 0.469. The van der Waals surface area contributed by atoms with Crippen LogP contribution < -0.4 is 20.1 Å². The molecule has 9 nitrogen and oxygen atoms in total. The Labute approximate surface area is 206 Å². The van der Waals surface area contributed by atoms with Crippen LogP contribution in [0.5, 0.6) is 11.5 Å². The van der Waals surface area contributed by atoms with Gasteiger partial charge < -0.3 is 25.0 Å². The molecule has 1 aromatic heterocycles. The van der Waals surface area contributed by atoms with Crippen LogP contribution in [0.15, 0.2) is 18.2 Å². The molecule has 0 saturated heterocycles. The predicted molar refractivity (Wildman–Crippen MR) is 136 cm³/mol. The number of rotatable bonds is 9. The highest BCUT2D eigenvalue weighted by Crippen LogP contribution is 2.38. The number of nitrogens with one attached hydrogen (secondary N) is 3. The summed E-state index contributed by atoms with van der Waals surface area (Å²) in [5, 5.41) is 14.5. The van der Waals surface area contributed by atoms with E-state index in [0.717, 1.165) is 22.6 Å². The molecule has 0 radical (unpaired) electrons. The number of pyridine rings is 1. The number of ketones is 1. The Morgan fingerprint density at radius 1 is 1.20 bits per heavy atom. The molecule has 3 N–H and O–H groups in total. The fourth-order valence-corrected chi connectivity index (χ4v) is 4.13. The molecule has 9 heteroatoms. The van der Waals surface area contributed by atoms with E-state index in [1.54, 1.807) is 18.1 Å². The lowest BCUT2D eigenvalue weighted by atomic mass is 9.84. The smallest absolute Gasteiger partial charge is 0.273 e. The highest BCUT2D eigenvalue weighted by Gasteiger charge is 2.31. The van der Waals surface area contributed by atoms with Gasteiger partial charge in [-0.1, -0.05) is 20.8 Å². The second-order valence-corrected chi connectivity index (χ2v) is 9.37. The summed E-state index contributed by atoms with van der Waals surface area (Å²) in [4.78, 5) is 31.8. The number of benzene rings is 1. The number of amides is 1. The highest BCUT2D eigenvalue weighted by atomic mass is 16.5. The van der Waals surface area contributed by atoms with Crippen LogP contribution in [0, 0.1) is 5.41 Å². The lowest BCUT2D eigenvalue weighted by Crippen LogP contribution is -2.31. The van der Waals surface area contributed by atoms with Gasteiger partial charge in [-0.05, 0) is 37.5 Å². The van der Waals surface area contributed by atoms with E-state index in [4.69, 9.17) is 14.9 Å². The Bertz CT molecular complexity index is 1150. The van der Waals surface area contributed by atoms with Crippen LogP contribution in [0.3, 0.4) is 0 Å². The summed E-state index contributed by atoms with van der Waals surface area (Å²) in [6.45, 7) is 11.5. The number of aromatic nitrogens is 1. The fraction of sp³-hybridized carbons (Fsp3) is 0.462. The monoisotopic (exact) mass is 481 g/mol. The number of amidine groups is 1. The van der Waals surface area contributed by atoms with Gasteiger partial charge in [0.2, 0.25) is 0 Å². The van der Waals surface area contributed by atoms with Crippen molar-refractivity contribution in [2.24, 2.45) is 0 Å². The van der Waals surface area contributed by atoms with Gasteiger partial charge in [0, 0.05) is 36.8 Å². The average molecular weight is 482 g/mol. The van der Waals surface area contributed by atoms with E-state index in [9.17, 15) is 9.59 Å². The molecule has 0 atom stereocenters. The first-order chi connectivity index (χ1) is 16.5. The molecule has 0 bridgehead atoms. The van der Waals surface area contributed by atoms with E-state index in [0.29, 0.717) is 36.7 Å². The first-order valence-electron chi connectivity index (χ1n) is 11.8. The molecule has 2 heterocycles. The topological polar surface area (TPSA) is 117 Å². The molecule has 188 valence electrons. The molecule has 0 unspecified atom stereocenters. The van der Waals surface area contributed by atoms with E-state index >= 15 is 0 Å². The number of nitrogens with zero attached hydrogens (tertiary/aromatic N) is 2. The molecule has 0 aliphatic carbocycles. The van der Waals surface area contributed by atoms with E-state index in [1.165, 1.54) is 7.05 Å². The maximum atomic E-state index is 13.4. The van der Waals surface area contributed by atoms with Crippen LogP contribution in [0.25, 0.3) is 0 Å². The SMILES string of the molecule is CCNc1cc(C(=O)CN2Cc3cc(OCC)c(C(=O)NC)nc3C2=N)cc(C(C)(C)C)c1OC. The molecule has 2 aromatic rings. The molecule has 1 aromatic carbocycles. The number of hydrogen-bond donors (Lipinski definition) is 3. The second-order valence-electron chi connectivity index (χ2n) is 9.37. The van der Waals surface area contributed by atoms with E-state index in [1.807, 2.05) is 26.0 Å². The van der Waals surface area contributed by atoms with Gasteiger partial charge in [0.25, 0.3) is 5.91 Å². The van der Waals surface area contributed by atoms with Gasteiger partial charge in [-0.15, -0.1) is 0 Å². The van der Waals surface area contributed by atoms with Crippen LogP contribution in [0.4, 0.5) is 5.69 Å². The summed E-state index contributed by atoms with van der Waals surface area (Å²) in [5.74, 6) is 0.699. The van der Waals surface area contributed by atoms with Gasteiger partial charge in [-0.2, -0.15) is 0 Å². The molecule has 0 saturated carbocycles. The number of Topliss-reactive ketones (excluding diaryl/α,β-unsaturated/α-hetero) is 1. The summed E-state index contributed by atoms with van der Waals surface area (Å²) in [6.07, 6.45) is 0. The third-order valence-electron chi connectivity index (χ3n) is 5.83. The second kappa shape index (κ2) is 10.3. The van der Waals surface area contributed by atoms with Crippen LogP contribution in [0.2, 0.25) is 0 Å². The van der Waals surface area contributed by atoms with Gasteiger partial charge >= 0.3 is 0 Å². The van der Waals surface area contributed by atoms with E-state index in [-0.39, 0.29) is 35.2 Å². The van der Waals surface area contributed by atoms with Crippen molar-refractivity contribution in [3.05, 3.63) is 46.3 Å². The molecule has 1 aliphatic heterocycles. The third-order valence-corrected chi connectivity index (χ3v) is 5.83. The number of ether oxygens (including phenoxy) is 2. The summed E-state index contributed by atoms with van der Waals surface area (Å²) in [5.41, 5.74) is 3.27. The molecule has 1 aliphatic rings. The van der Waals surface area contributed by atoms with Crippen molar-refractivity contribution in [2.75, 3.05) is 39.2 Å². The summed E-state index contributed by atoms with van der Waals surface area (Å²) in [6, 6.07) is 5.43. The first kappa shape index (κ1) is 26.0. The normalized spacial score (nSPS) is 12.9. The van der Waals surface area contributed by atoms with E-state index in [2.05, 4.69) is 36.4 Å². The number of methoxy groups -OCH3 is 1. The summed E-state index contributed by atoms with van der Waals surface area (Å²) >= 11 is 0. The van der Waals surface area contributed by atoms with Gasteiger partial charge in [-0.3, -0.25) is 15.0 Å². The van der Waals surface area contributed by atoms with Crippen molar-refractivity contribution >= 4 is 23.2 Å². The predicted octanol–water partition coefficient (Wildman–Crippen LogP) is 3.60. The molecule has 0 spiro atoms. The fourth-order valence-electron chi connectivity index (χ4n) is 4.13. The summed E-state index contributed by atoms with van der Waals surface area (Å²) < 4.78 is 11.3. The first-order valence-corrected chi connectivity index (χ1v) is 11.8.